The Morgan fingerprint density at radius 3 is 2.48 bits per heavy atom. The Morgan fingerprint density at radius 2 is 1.90 bits per heavy atom. The standard InChI is InChI=1S/C15H28N4O2/c1-3-6-17-14(20)9-18(2)15(21)10-19-12-4-5-13(19)8-11(16)7-12/h11-13H,3-10,16H2,1-2H3,(H,17,20). The van der Waals surface area contributed by atoms with Crippen LogP contribution in [-0.2, 0) is 9.59 Å². The maximum atomic E-state index is 12.3. The molecule has 3 N–H and O–H groups in total. The third kappa shape index (κ3) is 4.17. The van der Waals surface area contributed by atoms with E-state index in [2.05, 4.69) is 10.2 Å². The molecule has 2 rings (SSSR count). The van der Waals surface area contributed by atoms with Gasteiger partial charge in [0.1, 0.15) is 0 Å². The topological polar surface area (TPSA) is 78.7 Å². The molecule has 0 aromatic heterocycles. The molecule has 21 heavy (non-hydrogen) atoms. The molecule has 2 heterocycles. The van der Waals surface area contributed by atoms with Crippen LogP contribution in [0.1, 0.15) is 39.0 Å². The number of likely N-dealkylation sites (N-methyl/N-ethyl adjacent to an activating group) is 1. The summed E-state index contributed by atoms with van der Waals surface area (Å²) < 4.78 is 0. The van der Waals surface area contributed by atoms with Crippen LogP contribution in [0.3, 0.4) is 0 Å². The second-order valence-corrected chi connectivity index (χ2v) is 6.39. The minimum Gasteiger partial charge on any atom is -0.355 e. The number of piperidine rings is 1. The monoisotopic (exact) mass is 296 g/mol. The summed E-state index contributed by atoms with van der Waals surface area (Å²) in [6.45, 7) is 3.22. The van der Waals surface area contributed by atoms with Gasteiger partial charge in [-0.05, 0) is 32.1 Å². The molecule has 0 radical (unpaired) electrons. The van der Waals surface area contributed by atoms with Crippen LogP contribution in [0, 0.1) is 0 Å². The summed E-state index contributed by atoms with van der Waals surface area (Å²) in [7, 11) is 1.70. The van der Waals surface area contributed by atoms with E-state index in [9.17, 15) is 9.59 Å². The van der Waals surface area contributed by atoms with E-state index in [-0.39, 0.29) is 24.4 Å². The molecule has 0 aromatic rings. The molecule has 0 spiro atoms. The normalized spacial score (nSPS) is 28.4. The number of hydrogen-bond donors (Lipinski definition) is 2. The SMILES string of the molecule is CCCNC(=O)CN(C)C(=O)CN1C2CCC1CC(N)C2. The van der Waals surface area contributed by atoms with Crippen LogP contribution in [0.2, 0.25) is 0 Å². The number of carbonyl (C=O) groups is 2. The first-order valence-electron chi connectivity index (χ1n) is 8.03. The van der Waals surface area contributed by atoms with Gasteiger partial charge in [0.25, 0.3) is 0 Å². The van der Waals surface area contributed by atoms with Gasteiger partial charge in [-0.15, -0.1) is 0 Å². The molecule has 0 saturated carbocycles. The summed E-state index contributed by atoms with van der Waals surface area (Å²) in [6, 6.07) is 1.18. The lowest BCUT2D eigenvalue weighted by Crippen LogP contribution is -2.51. The molecule has 2 aliphatic heterocycles. The molecule has 0 aliphatic carbocycles. The van der Waals surface area contributed by atoms with Gasteiger partial charge < -0.3 is 16.0 Å². The van der Waals surface area contributed by atoms with Crippen molar-refractivity contribution >= 4 is 11.8 Å². The lowest BCUT2D eigenvalue weighted by atomic mass is 9.98. The number of nitrogens with zero attached hydrogens (tertiary/aromatic N) is 2. The first-order chi connectivity index (χ1) is 10.0. The van der Waals surface area contributed by atoms with Crippen molar-refractivity contribution in [2.45, 2.75) is 57.2 Å². The Morgan fingerprint density at radius 1 is 1.29 bits per heavy atom. The van der Waals surface area contributed by atoms with Gasteiger partial charge in [-0.1, -0.05) is 6.92 Å². The Balaban J connectivity index is 1.80. The molecule has 2 saturated heterocycles. The molecular formula is C15H28N4O2. The Labute approximate surface area is 127 Å². The van der Waals surface area contributed by atoms with E-state index in [0.29, 0.717) is 25.2 Å². The average Bonchev–Trinajstić information content (AvgIpc) is 2.68. The largest absolute Gasteiger partial charge is 0.355 e. The van der Waals surface area contributed by atoms with Crippen molar-refractivity contribution in [1.29, 1.82) is 0 Å². The summed E-state index contributed by atoms with van der Waals surface area (Å²) in [5, 5.41) is 2.79. The van der Waals surface area contributed by atoms with E-state index in [0.717, 1.165) is 32.1 Å². The van der Waals surface area contributed by atoms with Crippen LogP contribution in [-0.4, -0.2) is 66.4 Å². The summed E-state index contributed by atoms with van der Waals surface area (Å²) in [5.41, 5.74) is 6.05. The quantitative estimate of drug-likeness (QED) is 0.719. The molecule has 2 amide bonds. The van der Waals surface area contributed by atoms with Crippen LogP contribution in [0.25, 0.3) is 0 Å². The number of nitrogens with one attached hydrogen (secondary N) is 1. The van der Waals surface area contributed by atoms with Crippen molar-refractivity contribution in [1.82, 2.24) is 15.1 Å². The van der Waals surface area contributed by atoms with Gasteiger partial charge in [0.05, 0.1) is 13.1 Å². The highest BCUT2D eigenvalue weighted by Crippen LogP contribution is 2.34. The van der Waals surface area contributed by atoms with E-state index in [4.69, 9.17) is 5.73 Å². The molecule has 2 aliphatic rings. The van der Waals surface area contributed by atoms with E-state index in [1.165, 1.54) is 4.90 Å². The predicted molar refractivity (Wildman–Crippen MR) is 81.7 cm³/mol. The summed E-state index contributed by atoms with van der Waals surface area (Å²) in [5.74, 6) is -0.0645. The number of amides is 2. The fourth-order valence-corrected chi connectivity index (χ4v) is 3.48. The molecule has 6 nitrogen and oxygen atoms in total. The van der Waals surface area contributed by atoms with E-state index >= 15 is 0 Å². The van der Waals surface area contributed by atoms with Crippen molar-refractivity contribution in [3.05, 3.63) is 0 Å². The highest BCUT2D eigenvalue weighted by molar-refractivity contribution is 5.85. The van der Waals surface area contributed by atoms with Crippen LogP contribution >= 0.6 is 0 Å². The zero-order chi connectivity index (χ0) is 15.4. The lowest BCUT2D eigenvalue weighted by Gasteiger charge is -2.37. The smallest absolute Gasteiger partial charge is 0.239 e. The minimum absolute atomic E-state index is 0.0222. The van der Waals surface area contributed by atoms with Crippen LogP contribution < -0.4 is 11.1 Å². The van der Waals surface area contributed by atoms with Crippen molar-refractivity contribution in [2.24, 2.45) is 5.73 Å². The van der Waals surface area contributed by atoms with Crippen molar-refractivity contribution < 1.29 is 9.59 Å². The third-order valence-electron chi connectivity index (χ3n) is 4.62. The van der Waals surface area contributed by atoms with E-state index < -0.39 is 0 Å². The minimum atomic E-state index is -0.0867. The average molecular weight is 296 g/mol. The summed E-state index contributed by atoms with van der Waals surface area (Å²) in [6.07, 6.45) is 5.18. The number of carbonyl (C=O) groups excluding carboxylic acids is 2. The van der Waals surface area contributed by atoms with Gasteiger partial charge >= 0.3 is 0 Å². The maximum absolute atomic E-state index is 12.3. The Bertz CT molecular complexity index is 374. The first kappa shape index (κ1) is 16.2. The molecular weight excluding hydrogens is 268 g/mol. The number of rotatable bonds is 6. The van der Waals surface area contributed by atoms with Crippen molar-refractivity contribution in [2.75, 3.05) is 26.7 Å². The third-order valence-corrected chi connectivity index (χ3v) is 4.62. The van der Waals surface area contributed by atoms with Crippen LogP contribution in [0.5, 0.6) is 0 Å². The molecule has 6 heteroatoms. The van der Waals surface area contributed by atoms with Gasteiger partial charge in [0.15, 0.2) is 0 Å². The number of fused-ring (bicyclic) bond motifs is 2. The fourth-order valence-electron chi connectivity index (χ4n) is 3.48. The zero-order valence-electron chi connectivity index (χ0n) is 13.2. The zero-order valence-corrected chi connectivity index (χ0v) is 13.2. The Kier molecular flexibility index (Phi) is 5.58. The van der Waals surface area contributed by atoms with Gasteiger partial charge in [0.2, 0.25) is 11.8 Å². The van der Waals surface area contributed by atoms with Gasteiger partial charge in [-0.2, -0.15) is 0 Å². The molecule has 120 valence electrons. The number of nitrogens with two attached hydrogens (primary N) is 1. The molecule has 2 atom stereocenters. The lowest BCUT2D eigenvalue weighted by molar-refractivity contribution is -0.136. The van der Waals surface area contributed by atoms with E-state index in [1.54, 1.807) is 7.05 Å². The van der Waals surface area contributed by atoms with Gasteiger partial charge in [0, 0.05) is 31.7 Å². The molecule has 2 bridgehead atoms. The first-order valence-corrected chi connectivity index (χ1v) is 8.03. The van der Waals surface area contributed by atoms with Gasteiger partial charge in [-0.25, -0.2) is 0 Å². The highest BCUT2D eigenvalue weighted by Gasteiger charge is 2.40. The molecule has 2 fully saturated rings. The number of hydrogen-bond acceptors (Lipinski definition) is 4. The molecule has 0 aromatic carbocycles. The highest BCUT2D eigenvalue weighted by atomic mass is 16.2. The molecule has 2 unspecified atom stereocenters. The second-order valence-electron chi connectivity index (χ2n) is 6.39. The second kappa shape index (κ2) is 7.22. The fraction of sp³-hybridized carbons (Fsp3) is 0.867. The van der Waals surface area contributed by atoms with E-state index in [1.807, 2.05) is 6.92 Å². The summed E-state index contributed by atoms with van der Waals surface area (Å²) in [4.78, 5) is 27.8. The Hall–Kier alpha value is -1.14. The van der Waals surface area contributed by atoms with Gasteiger partial charge in [-0.3, -0.25) is 14.5 Å². The van der Waals surface area contributed by atoms with Crippen molar-refractivity contribution in [3.63, 3.8) is 0 Å². The van der Waals surface area contributed by atoms with Crippen LogP contribution in [0.4, 0.5) is 0 Å². The van der Waals surface area contributed by atoms with Crippen molar-refractivity contribution in [3.8, 4) is 0 Å². The predicted octanol–water partition coefficient (Wildman–Crippen LogP) is -0.0749. The summed E-state index contributed by atoms with van der Waals surface area (Å²) >= 11 is 0. The van der Waals surface area contributed by atoms with Crippen LogP contribution in [0.15, 0.2) is 0 Å². The maximum Gasteiger partial charge on any atom is 0.239 e.